The largest absolute Gasteiger partial charge is 0.393 e. The maximum atomic E-state index is 12.3. The molecule has 20 heavy (non-hydrogen) atoms. The fourth-order valence-corrected chi connectivity index (χ4v) is 2.60. The highest BCUT2D eigenvalue weighted by Gasteiger charge is 2.31. The lowest BCUT2D eigenvalue weighted by Crippen LogP contribution is -2.39. The minimum Gasteiger partial charge on any atom is -0.393 e. The fourth-order valence-electron chi connectivity index (χ4n) is 2.60. The zero-order chi connectivity index (χ0) is 14.9. The van der Waals surface area contributed by atoms with E-state index in [1.807, 2.05) is 0 Å². The van der Waals surface area contributed by atoms with Crippen LogP contribution in [0.3, 0.4) is 0 Å². The first-order valence-corrected chi connectivity index (χ1v) is 6.57. The van der Waals surface area contributed by atoms with Gasteiger partial charge in [0.15, 0.2) is 0 Å². The Morgan fingerprint density at radius 3 is 2.70 bits per heavy atom. The van der Waals surface area contributed by atoms with Crippen LogP contribution in [0, 0.1) is 23.0 Å². The second kappa shape index (κ2) is 5.58. The molecule has 0 atom stereocenters. The quantitative estimate of drug-likeness (QED) is 0.671. The molecule has 1 fully saturated rings. The lowest BCUT2D eigenvalue weighted by Gasteiger charge is -2.34. The maximum absolute atomic E-state index is 12.3. The minimum absolute atomic E-state index is 0.123. The highest BCUT2D eigenvalue weighted by Crippen LogP contribution is 2.29. The Bertz CT molecular complexity index is 538. The van der Waals surface area contributed by atoms with Gasteiger partial charge in [0.25, 0.3) is 11.6 Å². The Morgan fingerprint density at radius 2 is 2.15 bits per heavy atom. The molecule has 1 aromatic carbocycles. The molecule has 2 rings (SSSR count). The van der Waals surface area contributed by atoms with Crippen molar-refractivity contribution in [2.45, 2.75) is 25.9 Å². The van der Waals surface area contributed by atoms with Crippen molar-refractivity contribution in [3.05, 3.63) is 39.4 Å². The van der Waals surface area contributed by atoms with E-state index in [0.29, 0.717) is 24.9 Å². The molecular weight excluding hydrogens is 260 g/mol. The van der Waals surface area contributed by atoms with E-state index in [4.69, 9.17) is 0 Å². The summed E-state index contributed by atoms with van der Waals surface area (Å²) < 4.78 is 0. The van der Waals surface area contributed by atoms with Crippen LogP contribution < -0.4 is 0 Å². The van der Waals surface area contributed by atoms with Crippen LogP contribution in [0.4, 0.5) is 5.69 Å². The first kappa shape index (κ1) is 14.5. The molecule has 6 nitrogen and oxygen atoms in total. The number of hydrogen-bond donors (Lipinski definition) is 1. The summed E-state index contributed by atoms with van der Waals surface area (Å²) in [6.45, 7) is 2.14. The lowest BCUT2D eigenvalue weighted by molar-refractivity contribution is -0.385. The molecular formula is C14H18N2O4. The van der Waals surface area contributed by atoms with Gasteiger partial charge >= 0.3 is 0 Å². The molecule has 1 saturated carbocycles. The molecule has 0 spiro atoms. The first-order chi connectivity index (χ1) is 9.40. The van der Waals surface area contributed by atoms with Gasteiger partial charge in [0.05, 0.1) is 11.0 Å². The summed E-state index contributed by atoms with van der Waals surface area (Å²) >= 11 is 0. The van der Waals surface area contributed by atoms with Gasteiger partial charge in [0.2, 0.25) is 0 Å². The van der Waals surface area contributed by atoms with E-state index in [9.17, 15) is 20.0 Å². The standard InChI is InChI=1S/C14H18N2O4/c1-9-4-3-5-12(13(9)16(19)20)14(18)15(2)8-10-6-11(17)7-10/h3-5,10-11,17H,6-8H2,1-2H3. The number of aryl methyl sites for hydroxylation is 1. The lowest BCUT2D eigenvalue weighted by atomic mass is 9.82. The molecule has 0 aromatic heterocycles. The van der Waals surface area contributed by atoms with E-state index in [0.717, 1.165) is 0 Å². The van der Waals surface area contributed by atoms with Crippen LogP contribution in [-0.4, -0.2) is 40.5 Å². The molecule has 0 radical (unpaired) electrons. The second-order valence-electron chi connectivity index (χ2n) is 5.41. The van der Waals surface area contributed by atoms with Gasteiger partial charge in [-0.2, -0.15) is 0 Å². The van der Waals surface area contributed by atoms with Crippen LogP contribution in [0.15, 0.2) is 18.2 Å². The van der Waals surface area contributed by atoms with E-state index >= 15 is 0 Å². The Kier molecular flexibility index (Phi) is 4.04. The number of amides is 1. The zero-order valence-electron chi connectivity index (χ0n) is 11.6. The van der Waals surface area contributed by atoms with Crippen molar-refractivity contribution in [2.75, 3.05) is 13.6 Å². The monoisotopic (exact) mass is 278 g/mol. The van der Waals surface area contributed by atoms with Crippen molar-refractivity contribution in [1.82, 2.24) is 4.90 Å². The Morgan fingerprint density at radius 1 is 1.50 bits per heavy atom. The van der Waals surface area contributed by atoms with Crippen LogP contribution >= 0.6 is 0 Å². The average molecular weight is 278 g/mol. The highest BCUT2D eigenvalue weighted by atomic mass is 16.6. The fraction of sp³-hybridized carbons (Fsp3) is 0.500. The van der Waals surface area contributed by atoms with Crippen molar-refractivity contribution in [3.63, 3.8) is 0 Å². The van der Waals surface area contributed by atoms with Crippen molar-refractivity contribution in [1.29, 1.82) is 0 Å². The molecule has 108 valence electrons. The maximum Gasteiger partial charge on any atom is 0.285 e. The Hall–Kier alpha value is -1.95. The average Bonchev–Trinajstić information content (AvgIpc) is 2.35. The molecule has 6 heteroatoms. The molecule has 0 bridgehead atoms. The number of nitro benzene ring substituents is 1. The summed E-state index contributed by atoms with van der Waals surface area (Å²) in [4.78, 5) is 24.4. The third kappa shape index (κ3) is 2.80. The van der Waals surface area contributed by atoms with Gasteiger partial charge in [0, 0.05) is 19.2 Å². The van der Waals surface area contributed by atoms with E-state index in [1.54, 1.807) is 26.1 Å². The number of rotatable bonds is 4. The smallest absolute Gasteiger partial charge is 0.285 e. The summed E-state index contributed by atoms with van der Waals surface area (Å²) in [5.74, 6) is -0.0652. The molecule has 0 unspecified atom stereocenters. The van der Waals surface area contributed by atoms with Crippen molar-refractivity contribution >= 4 is 11.6 Å². The van der Waals surface area contributed by atoms with Crippen LogP contribution in [0.2, 0.25) is 0 Å². The van der Waals surface area contributed by atoms with Gasteiger partial charge in [-0.15, -0.1) is 0 Å². The molecule has 0 aliphatic heterocycles. The number of para-hydroxylation sites is 1. The van der Waals surface area contributed by atoms with Gasteiger partial charge in [-0.05, 0) is 31.7 Å². The summed E-state index contributed by atoms with van der Waals surface area (Å²) in [5.41, 5.74) is 0.476. The number of aliphatic hydroxyl groups excluding tert-OH is 1. The SMILES string of the molecule is Cc1cccc(C(=O)N(C)CC2CC(O)C2)c1[N+](=O)[O-]. The van der Waals surface area contributed by atoms with Crippen molar-refractivity contribution in [2.24, 2.45) is 5.92 Å². The van der Waals surface area contributed by atoms with Crippen LogP contribution in [0.25, 0.3) is 0 Å². The van der Waals surface area contributed by atoms with Crippen molar-refractivity contribution in [3.8, 4) is 0 Å². The van der Waals surface area contributed by atoms with Crippen LogP contribution in [-0.2, 0) is 0 Å². The van der Waals surface area contributed by atoms with Gasteiger partial charge < -0.3 is 10.0 Å². The van der Waals surface area contributed by atoms with Gasteiger partial charge in [-0.1, -0.05) is 12.1 Å². The number of carbonyl (C=O) groups excluding carboxylic acids is 1. The molecule has 0 saturated heterocycles. The number of carbonyl (C=O) groups is 1. The first-order valence-electron chi connectivity index (χ1n) is 6.57. The zero-order valence-corrected chi connectivity index (χ0v) is 11.6. The molecule has 0 heterocycles. The van der Waals surface area contributed by atoms with Crippen LogP contribution in [0.1, 0.15) is 28.8 Å². The molecule has 1 N–H and O–H groups in total. The third-order valence-corrected chi connectivity index (χ3v) is 3.74. The number of hydrogen-bond acceptors (Lipinski definition) is 4. The van der Waals surface area contributed by atoms with Gasteiger partial charge in [0.1, 0.15) is 5.56 Å². The van der Waals surface area contributed by atoms with E-state index < -0.39 is 4.92 Å². The van der Waals surface area contributed by atoms with E-state index in [-0.39, 0.29) is 29.2 Å². The topological polar surface area (TPSA) is 83.7 Å². The number of nitro groups is 1. The van der Waals surface area contributed by atoms with E-state index in [2.05, 4.69) is 0 Å². The predicted molar refractivity (Wildman–Crippen MR) is 73.5 cm³/mol. The summed E-state index contributed by atoms with van der Waals surface area (Å²) in [6.07, 6.45) is 1.11. The Labute approximate surface area is 117 Å². The van der Waals surface area contributed by atoms with E-state index in [1.165, 1.54) is 11.0 Å². The van der Waals surface area contributed by atoms with Gasteiger partial charge in [-0.3, -0.25) is 14.9 Å². The number of nitrogens with zero attached hydrogens (tertiary/aromatic N) is 2. The summed E-state index contributed by atoms with van der Waals surface area (Å²) in [5, 5.41) is 20.4. The summed E-state index contributed by atoms with van der Waals surface area (Å²) in [6, 6.07) is 4.76. The summed E-state index contributed by atoms with van der Waals surface area (Å²) in [7, 11) is 1.64. The predicted octanol–water partition coefficient (Wildman–Crippen LogP) is 1.75. The second-order valence-corrected chi connectivity index (χ2v) is 5.41. The number of aliphatic hydroxyl groups is 1. The normalized spacial score (nSPS) is 21.1. The minimum atomic E-state index is -0.510. The highest BCUT2D eigenvalue weighted by molar-refractivity contribution is 5.98. The van der Waals surface area contributed by atoms with Crippen LogP contribution in [0.5, 0.6) is 0 Å². The number of benzene rings is 1. The van der Waals surface area contributed by atoms with Crippen molar-refractivity contribution < 1.29 is 14.8 Å². The molecule has 1 aliphatic carbocycles. The Balaban J connectivity index is 2.16. The third-order valence-electron chi connectivity index (χ3n) is 3.74. The molecule has 1 amide bonds. The molecule has 1 aromatic rings. The molecule has 1 aliphatic rings. The van der Waals surface area contributed by atoms with Gasteiger partial charge in [-0.25, -0.2) is 0 Å².